The Morgan fingerprint density at radius 1 is 1.12 bits per heavy atom. The van der Waals surface area contributed by atoms with Crippen molar-refractivity contribution in [2.24, 2.45) is 0 Å². The molecule has 1 amide bonds. The number of nitrogens with one attached hydrogen (secondary N) is 1. The van der Waals surface area contributed by atoms with Gasteiger partial charge in [0.1, 0.15) is 6.54 Å². The van der Waals surface area contributed by atoms with Crippen molar-refractivity contribution in [3.63, 3.8) is 0 Å². The van der Waals surface area contributed by atoms with Gasteiger partial charge in [0, 0.05) is 22.2 Å². The first-order valence-corrected chi connectivity index (χ1v) is 8.07. The van der Waals surface area contributed by atoms with E-state index in [-0.39, 0.29) is 18.0 Å². The zero-order valence-electron chi connectivity index (χ0n) is 14.5. The third kappa shape index (κ3) is 3.09. The van der Waals surface area contributed by atoms with Gasteiger partial charge < -0.3 is 14.6 Å². The predicted octanol–water partition coefficient (Wildman–Crippen LogP) is 3.19. The van der Waals surface area contributed by atoms with Gasteiger partial charge in [-0.1, -0.05) is 30.3 Å². The summed E-state index contributed by atoms with van der Waals surface area (Å²) in [5.41, 5.74) is 2.77. The SMILES string of the molecule is COC(=O)c1ccccc1NC(=O)Cn1c(C)c(C=O)c2ccccc21. The van der Waals surface area contributed by atoms with Crippen LogP contribution in [0.2, 0.25) is 0 Å². The Hall–Kier alpha value is -3.41. The van der Waals surface area contributed by atoms with Crippen LogP contribution in [0.25, 0.3) is 10.9 Å². The first-order valence-electron chi connectivity index (χ1n) is 8.07. The van der Waals surface area contributed by atoms with Gasteiger partial charge in [-0.05, 0) is 25.1 Å². The molecule has 0 bridgehead atoms. The first kappa shape index (κ1) is 17.4. The number of esters is 1. The maximum absolute atomic E-state index is 12.6. The molecule has 3 rings (SSSR count). The van der Waals surface area contributed by atoms with Gasteiger partial charge in [0.05, 0.1) is 18.4 Å². The molecule has 6 heteroatoms. The molecule has 0 saturated heterocycles. The van der Waals surface area contributed by atoms with E-state index in [4.69, 9.17) is 4.74 Å². The lowest BCUT2D eigenvalue weighted by Crippen LogP contribution is -2.21. The molecule has 1 N–H and O–H groups in total. The Morgan fingerprint density at radius 3 is 2.54 bits per heavy atom. The number of amides is 1. The van der Waals surface area contributed by atoms with E-state index in [0.29, 0.717) is 11.3 Å². The summed E-state index contributed by atoms with van der Waals surface area (Å²) < 4.78 is 6.52. The van der Waals surface area contributed by atoms with Crippen molar-refractivity contribution in [1.29, 1.82) is 0 Å². The number of para-hydroxylation sites is 2. The van der Waals surface area contributed by atoms with E-state index in [1.54, 1.807) is 35.8 Å². The van der Waals surface area contributed by atoms with Crippen LogP contribution < -0.4 is 5.32 Å². The van der Waals surface area contributed by atoms with Crippen LogP contribution >= 0.6 is 0 Å². The van der Waals surface area contributed by atoms with Crippen LogP contribution in [0.4, 0.5) is 5.69 Å². The molecule has 0 unspecified atom stereocenters. The number of carbonyl (C=O) groups is 3. The van der Waals surface area contributed by atoms with E-state index in [2.05, 4.69) is 5.32 Å². The minimum absolute atomic E-state index is 0.0235. The molecule has 0 radical (unpaired) electrons. The molecule has 0 aliphatic carbocycles. The molecule has 26 heavy (non-hydrogen) atoms. The molecule has 6 nitrogen and oxygen atoms in total. The number of methoxy groups -OCH3 is 1. The second-order valence-corrected chi connectivity index (χ2v) is 5.81. The molecular weight excluding hydrogens is 332 g/mol. The first-order chi connectivity index (χ1) is 12.6. The van der Waals surface area contributed by atoms with Crippen LogP contribution in [0.15, 0.2) is 48.5 Å². The summed E-state index contributed by atoms with van der Waals surface area (Å²) in [6.07, 6.45) is 0.804. The van der Waals surface area contributed by atoms with Gasteiger partial charge in [-0.3, -0.25) is 9.59 Å². The molecular formula is C20H18N2O4. The van der Waals surface area contributed by atoms with Gasteiger partial charge >= 0.3 is 5.97 Å². The molecule has 0 aliphatic rings. The Kier molecular flexibility index (Phi) is 4.84. The van der Waals surface area contributed by atoms with E-state index < -0.39 is 5.97 Å². The Morgan fingerprint density at radius 2 is 1.81 bits per heavy atom. The minimum Gasteiger partial charge on any atom is -0.465 e. The molecule has 0 saturated carbocycles. The zero-order chi connectivity index (χ0) is 18.7. The molecule has 0 fully saturated rings. The molecule has 1 heterocycles. The highest BCUT2D eigenvalue weighted by molar-refractivity contribution is 6.03. The monoisotopic (exact) mass is 350 g/mol. The van der Waals surface area contributed by atoms with E-state index in [1.165, 1.54) is 7.11 Å². The largest absolute Gasteiger partial charge is 0.465 e. The molecule has 0 spiro atoms. The van der Waals surface area contributed by atoms with Crippen LogP contribution in [0.5, 0.6) is 0 Å². The fraction of sp³-hybridized carbons (Fsp3) is 0.150. The summed E-state index contributed by atoms with van der Waals surface area (Å²) in [6.45, 7) is 1.83. The Labute approximate surface area is 150 Å². The molecule has 0 aliphatic heterocycles. The predicted molar refractivity (Wildman–Crippen MR) is 98.5 cm³/mol. The van der Waals surface area contributed by atoms with Gasteiger partial charge in [-0.15, -0.1) is 0 Å². The summed E-state index contributed by atoms with van der Waals surface area (Å²) in [6, 6.07) is 14.1. The topological polar surface area (TPSA) is 77.4 Å². The maximum atomic E-state index is 12.6. The lowest BCUT2D eigenvalue weighted by Gasteiger charge is -2.12. The fourth-order valence-electron chi connectivity index (χ4n) is 3.02. The van der Waals surface area contributed by atoms with E-state index >= 15 is 0 Å². The summed E-state index contributed by atoms with van der Waals surface area (Å²) >= 11 is 0. The normalized spacial score (nSPS) is 10.5. The number of carbonyl (C=O) groups excluding carboxylic acids is 3. The quantitative estimate of drug-likeness (QED) is 0.566. The highest BCUT2D eigenvalue weighted by Crippen LogP contribution is 2.24. The number of aromatic nitrogens is 1. The smallest absolute Gasteiger partial charge is 0.339 e. The third-order valence-electron chi connectivity index (χ3n) is 4.31. The highest BCUT2D eigenvalue weighted by atomic mass is 16.5. The van der Waals surface area contributed by atoms with Crippen molar-refractivity contribution in [3.8, 4) is 0 Å². The van der Waals surface area contributed by atoms with Gasteiger partial charge in [-0.25, -0.2) is 4.79 Å². The van der Waals surface area contributed by atoms with E-state index in [9.17, 15) is 14.4 Å². The maximum Gasteiger partial charge on any atom is 0.339 e. The lowest BCUT2D eigenvalue weighted by molar-refractivity contribution is -0.116. The number of ether oxygens (including phenoxy) is 1. The zero-order valence-corrected chi connectivity index (χ0v) is 14.5. The number of hydrogen-bond acceptors (Lipinski definition) is 4. The van der Waals surface area contributed by atoms with Crippen molar-refractivity contribution in [2.75, 3.05) is 12.4 Å². The van der Waals surface area contributed by atoms with Gasteiger partial charge in [0.15, 0.2) is 6.29 Å². The number of rotatable bonds is 5. The van der Waals surface area contributed by atoms with Crippen molar-refractivity contribution < 1.29 is 19.1 Å². The average Bonchev–Trinajstić information content (AvgIpc) is 2.92. The summed E-state index contributed by atoms with van der Waals surface area (Å²) in [7, 11) is 1.29. The number of anilines is 1. The van der Waals surface area contributed by atoms with Crippen molar-refractivity contribution in [1.82, 2.24) is 4.57 Å². The second-order valence-electron chi connectivity index (χ2n) is 5.81. The molecule has 0 atom stereocenters. The number of nitrogens with zero attached hydrogens (tertiary/aromatic N) is 1. The van der Waals surface area contributed by atoms with Gasteiger partial charge in [0.2, 0.25) is 5.91 Å². The Bertz CT molecular complexity index is 1000. The van der Waals surface area contributed by atoms with Crippen molar-refractivity contribution in [2.45, 2.75) is 13.5 Å². The third-order valence-corrected chi connectivity index (χ3v) is 4.31. The number of benzene rings is 2. The van der Waals surface area contributed by atoms with Gasteiger partial charge in [-0.2, -0.15) is 0 Å². The minimum atomic E-state index is -0.522. The van der Waals surface area contributed by atoms with Crippen LogP contribution in [0, 0.1) is 6.92 Å². The van der Waals surface area contributed by atoms with Crippen molar-refractivity contribution in [3.05, 3.63) is 65.4 Å². The van der Waals surface area contributed by atoms with Crippen molar-refractivity contribution >= 4 is 34.8 Å². The fourth-order valence-corrected chi connectivity index (χ4v) is 3.02. The summed E-state index contributed by atoms with van der Waals surface area (Å²) in [5, 5.41) is 3.55. The number of aldehydes is 1. The summed E-state index contributed by atoms with van der Waals surface area (Å²) in [4.78, 5) is 35.8. The number of fused-ring (bicyclic) bond motifs is 1. The molecule has 1 aromatic heterocycles. The standard InChI is InChI=1S/C20H18N2O4/c1-13-16(12-23)14-7-4-6-10-18(14)22(13)11-19(24)21-17-9-5-3-8-15(17)20(25)26-2/h3-10,12H,11H2,1-2H3,(H,21,24). The van der Waals surface area contributed by atoms with Crippen LogP contribution in [0.3, 0.4) is 0 Å². The Balaban J connectivity index is 1.91. The van der Waals surface area contributed by atoms with Gasteiger partial charge in [0.25, 0.3) is 0 Å². The molecule has 2 aromatic carbocycles. The van der Waals surface area contributed by atoms with Crippen LogP contribution in [0.1, 0.15) is 26.4 Å². The van der Waals surface area contributed by atoms with E-state index in [0.717, 1.165) is 22.9 Å². The van der Waals surface area contributed by atoms with Crippen LogP contribution in [-0.4, -0.2) is 29.8 Å². The summed E-state index contributed by atoms with van der Waals surface area (Å²) in [5.74, 6) is -0.825. The lowest BCUT2D eigenvalue weighted by atomic mass is 10.1. The highest BCUT2D eigenvalue weighted by Gasteiger charge is 2.17. The molecule has 132 valence electrons. The molecule has 3 aromatic rings. The number of hydrogen-bond donors (Lipinski definition) is 1. The van der Waals surface area contributed by atoms with E-state index in [1.807, 2.05) is 24.3 Å². The van der Waals surface area contributed by atoms with Crippen LogP contribution in [-0.2, 0) is 16.1 Å². The second kappa shape index (κ2) is 7.23. The average molecular weight is 350 g/mol.